The van der Waals surface area contributed by atoms with Crippen LogP contribution in [0.15, 0.2) is 35.7 Å². The van der Waals surface area contributed by atoms with E-state index in [-0.39, 0.29) is 11.2 Å². The van der Waals surface area contributed by atoms with E-state index in [9.17, 15) is 4.79 Å². The molecule has 3 rings (SSSR count). The van der Waals surface area contributed by atoms with E-state index in [0.29, 0.717) is 36.5 Å². The molecule has 0 unspecified atom stereocenters. The van der Waals surface area contributed by atoms with E-state index in [1.165, 1.54) is 11.8 Å². The second-order valence-electron chi connectivity index (χ2n) is 5.16. The third kappa shape index (κ3) is 3.85. The molecule has 6 nitrogen and oxygen atoms in total. The summed E-state index contributed by atoms with van der Waals surface area (Å²) in [5, 5.41) is 9.15. The lowest BCUT2D eigenvalue weighted by molar-refractivity contribution is -0.134. The number of carbonyl (C=O) groups is 1. The van der Waals surface area contributed by atoms with Crippen LogP contribution in [0.2, 0.25) is 5.02 Å². The van der Waals surface area contributed by atoms with Crippen LogP contribution in [0, 0.1) is 0 Å². The molecule has 1 aliphatic rings. The molecule has 23 heavy (non-hydrogen) atoms. The molecule has 0 radical (unpaired) electrons. The van der Waals surface area contributed by atoms with E-state index >= 15 is 0 Å². The third-order valence-corrected chi connectivity index (χ3v) is 4.84. The summed E-state index contributed by atoms with van der Waals surface area (Å²) in [4.78, 5) is 14.3. The average molecular weight is 353 g/mol. The fourth-order valence-electron chi connectivity index (χ4n) is 2.36. The summed E-state index contributed by atoms with van der Waals surface area (Å²) in [7, 11) is 0. The molecule has 1 saturated heterocycles. The topological polar surface area (TPSA) is 60.2 Å². The first-order valence-corrected chi connectivity index (χ1v) is 8.60. The number of halogens is 1. The number of ether oxygens (including phenoxy) is 1. The zero-order chi connectivity index (χ0) is 16.2. The molecule has 0 aliphatic carbocycles. The lowest BCUT2D eigenvalue weighted by Gasteiger charge is -2.28. The van der Waals surface area contributed by atoms with Crippen molar-refractivity contribution in [2.24, 2.45) is 0 Å². The molecule has 1 atom stereocenters. The monoisotopic (exact) mass is 352 g/mol. The van der Waals surface area contributed by atoms with Crippen LogP contribution in [-0.2, 0) is 9.53 Å². The van der Waals surface area contributed by atoms with Crippen molar-refractivity contribution in [3.8, 4) is 5.69 Å². The Morgan fingerprint density at radius 1 is 1.39 bits per heavy atom. The summed E-state index contributed by atoms with van der Waals surface area (Å²) >= 11 is 7.43. The highest BCUT2D eigenvalue weighted by Gasteiger charge is 2.25. The van der Waals surface area contributed by atoms with Crippen molar-refractivity contribution in [1.29, 1.82) is 0 Å². The molecule has 0 spiro atoms. The molecule has 1 aromatic carbocycles. The first-order chi connectivity index (χ1) is 11.1. The Morgan fingerprint density at radius 3 is 2.91 bits per heavy atom. The lowest BCUT2D eigenvalue weighted by atomic mass is 10.3. The van der Waals surface area contributed by atoms with Crippen LogP contribution in [0.5, 0.6) is 0 Å². The molecular formula is C15H17ClN4O2S. The number of hydrogen-bond donors (Lipinski definition) is 0. The molecule has 0 N–H and O–H groups in total. The van der Waals surface area contributed by atoms with Gasteiger partial charge < -0.3 is 9.64 Å². The molecule has 0 bridgehead atoms. The smallest absolute Gasteiger partial charge is 0.236 e. The van der Waals surface area contributed by atoms with Crippen molar-refractivity contribution in [2.75, 3.05) is 26.3 Å². The maximum absolute atomic E-state index is 12.5. The highest BCUT2D eigenvalue weighted by Crippen LogP contribution is 2.26. The van der Waals surface area contributed by atoms with Crippen molar-refractivity contribution in [3.63, 3.8) is 0 Å². The zero-order valence-electron chi connectivity index (χ0n) is 12.7. The Morgan fingerprint density at radius 2 is 2.17 bits per heavy atom. The standard InChI is InChI=1S/C15H17ClN4O2S/c1-11(14(21)19-5-7-22-8-6-19)23-15-18-17-10-20(15)13-4-2-3-12(16)9-13/h2-4,9-11H,5-8H2,1H3/t11-/m1/s1. The fraction of sp³-hybridized carbons (Fsp3) is 0.400. The Labute approximate surface area is 143 Å². The summed E-state index contributed by atoms with van der Waals surface area (Å²) in [6, 6.07) is 7.44. The number of morpholine rings is 1. The van der Waals surface area contributed by atoms with Crippen LogP contribution in [0.3, 0.4) is 0 Å². The number of benzene rings is 1. The van der Waals surface area contributed by atoms with Crippen LogP contribution in [0.1, 0.15) is 6.92 Å². The number of amides is 1. The molecule has 2 aromatic rings. The SMILES string of the molecule is C[C@@H](Sc1nncn1-c1cccc(Cl)c1)C(=O)N1CCOCC1. The number of aromatic nitrogens is 3. The van der Waals surface area contributed by atoms with Gasteiger partial charge in [0.1, 0.15) is 6.33 Å². The average Bonchev–Trinajstić information content (AvgIpc) is 3.03. The molecule has 1 aromatic heterocycles. The zero-order valence-corrected chi connectivity index (χ0v) is 14.3. The molecular weight excluding hydrogens is 336 g/mol. The first-order valence-electron chi connectivity index (χ1n) is 7.34. The van der Waals surface area contributed by atoms with Crippen molar-refractivity contribution in [1.82, 2.24) is 19.7 Å². The minimum atomic E-state index is -0.241. The van der Waals surface area contributed by atoms with Gasteiger partial charge in [0.25, 0.3) is 0 Å². The van der Waals surface area contributed by atoms with Crippen LogP contribution in [0.4, 0.5) is 0 Å². The van der Waals surface area contributed by atoms with Gasteiger partial charge in [0.15, 0.2) is 5.16 Å². The summed E-state index contributed by atoms with van der Waals surface area (Å²) in [5.74, 6) is 0.0962. The molecule has 1 aliphatic heterocycles. The first kappa shape index (κ1) is 16.3. The number of rotatable bonds is 4. The highest BCUT2D eigenvalue weighted by atomic mass is 35.5. The van der Waals surface area contributed by atoms with Crippen LogP contribution in [0.25, 0.3) is 5.69 Å². The van der Waals surface area contributed by atoms with Crippen LogP contribution in [-0.4, -0.2) is 57.1 Å². The Balaban J connectivity index is 1.73. The Kier molecular flexibility index (Phi) is 5.20. The summed E-state index contributed by atoms with van der Waals surface area (Å²) in [6.45, 7) is 4.37. The van der Waals surface area contributed by atoms with E-state index in [4.69, 9.17) is 16.3 Å². The third-order valence-electron chi connectivity index (χ3n) is 3.56. The summed E-state index contributed by atoms with van der Waals surface area (Å²) < 4.78 is 7.12. The number of thioether (sulfide) groups is 1. The summed E-state index contributed by atoms with van der Waals surface area (Å²) in [6.07, 6.45) is 1.62. The van der Waals surface area contributed by atoms with Crippen molar-refractivity contribution in [2.45, 2.75) is 17.3 Å². The van der Waals surface area contributed by atoms with Crippen LogP contribution >= 0.6 is 23.4 Å². The van der Waals surface area contributed by atoms with Gasteiger partial charge in [-0.3, -0.25) is 9.36 Å². The number of carbonyl (C=O) groups excluding carboxylic acids is 1. The van der Waals surface area contributed by atoms with Crippen molar-refractivity contribution in [3.05, 3.63) is 35.6 Å². The van der Waals surface area contributed by atoms with E-state index in [1.807, 2.05) is 40.7 Å². The largest absolute Gasteiger partial charge is 0.378 e. The van der Waals surface area contributed by atoms with Crippen LogP contribution < -0.4 is 0 Å². The minimum Gasteiger partial charge on any atom is -0.378 e. The number of nitrogens with zero attached hydrogens (tertiary/aromatic N) is 4. The minimum absolute atomic E-state index is 0.0962. The van der Waals surface area contributed by atoms with E-state index in [1.54, 1.807) is 6.33 Å². The van der Waals surface area contributed by atoms with Gasteiger partial charge in [-0.15, -0.1) is 10.2 Å². The van der Waals surface area contributed by atoms with Gasteiger partial charge in [-0.1, -0.05) is 29.4 Å². The van der Waals surface area contributed by atoms with Crippen molar-refractivity contribution < 1.29 is 9.53 Å². The molecule has 1 fully saturated rings. The molecule has 8 heteroatoms. The normalized spacial score (nSPS) is 16.3. The Hall–Kier alpha value is -1.57. The summed E-state index contributed by atoms with van der Waals surface area (Å²) in [5.41, 5.74) is 0.871. The molecule has 122 valence electrons. The van der Waals surface area contributed by atoms with Gasteiger partial charge in [-0.2, -0.15) is 0 Å². The van der Waals surface area contributed by atoms with E-state index in [0.717, 1.165) is 5.69 Å². The van der Waals surface area contributed by atoms with Gasteiger partial charge in [-0.05, 0) is 25.1 Å². The predicted octanol–water partition coefficient (Wildman–Crippen LogP) is 2.26. The quantitative estimate of drug-likeness (QED) is 0.790. The second-order valence-corrected chi connectivity index (χ2v) is 6.91. The van der Waals surface area contributed by atoms with Gasteiger partial charge in [0.05, 0.1) is 24.2 Å². The predicted molar refractivity (Wildman–Crippen MR) is 89.1 cm³/mol. The molecule has 2 heterocycles. The van der Waals surface area contributed by atoms with Gasteiger partial charge in [-0.25, -0.2) is 0 Å². The maximum atomic E-state index is 12.5. The van der Waals surface area contributed by atoms with Gasteiger partial charge >= 0.3 is 0 Å². The highest BCUT2D eigenvalue weighted by molar-refractivity contribution is 8.00. The fourth-order valence-corrected chi connectivity index (χ4v) is 3.47. The molecule has 0 saturated carbocycles. The van der Waals surface area contributed by atoms with Gasteiger partial charge in [0.2, 0.25) is 5.91 Å². The second kappa shape index (κ2) is 7.33. The number of hydrogen-bond acceptors (Lipinski definition) is 5. The van der Waals surface area contributed by atoms with E-state index in [2.05, 4.69) is 10.2 Å². The maximum Gasteiger partial charge on any atom is 0.236 e. The Bertz CT molecular complexity index is 688. The van der Waals surface area contributed by atoms with Gasteiger partial charge in [0, 0.05) is 18.1 Å². The van der Waals surface area contributed by atoms with Crippen molar-refractivity contribution >= 4 is 29.3 Å². The van der Waals surface area contributed by atoms with E-state index < -0.39 is 0 Å². The molecule has 1 amide bonds. The lowest BCUT2D eigenvalue weighted by Crippen LogP contribution is -2.44.